The Bertz CT molecular complexity index is 1290. The molecule has 168 valence electrons. The Morgan fingerprint density at radius 3 is 2.30 bits per heavy atom. The molecule has 7 nitrogen and oxygen atoms in total. The fourth-order valence-electron chi connectivity index (χ4n) is 3.67. The number of barbiturate groups is 1. The summed E-state index contributed by atoms with van der Waals surface area (Å²) in [4.78, 5) is 38.6. The molecule has 0 radical (unpaired) electrons. The van der Waals surface area contributed by atoms with Crippen molar-refractivity contribution in [3.63, 3.8) is 0 Å². The largest absolute Gasteiger partial charge is 0.493 e. The highest BCUT2D eigenvalue weighted by atomic mass is 35.5. The number of ether oxygens (including phenoxy) is 2. The molecule has 3 aromatic rings. The van der Waals surface area contributed by atoms with E-state index in [0.29, 0.717) is 17.1 Å². The number of likely N-dealkylation sites (N-methyl/N-ethyl adjacent to an activating group) is 2. The third kappa shape index (κ3) is 4.15. The van der Waals surface area contributed by atoms with Crippen LogP contribution >= 0.6 is 11.6 Å². The van der Waals surface area contributed by atoms with Crippen molar-refractivity contribution in [2.45, 2.75) is 6.61 Å². The molecule has 0 saturated carbocycles. The zero-order chi connectivity index (χ0) is 23.7. The quantitative estimate of drug-likeness (QED) is 0.410. The Morgan fingerprint density at radius 2 is 1.61 bits per heavy atom. The summed E-state index contributed by atoms with van der Waals surface area (Å²) in [5.41, 5.74) is 1.30. The molecular formula is C25H21ClN2O5. The molecule has 0 unspecified atom stereocenters. The topological polar surface area (TPSA) is 76.2 Å². The first kappa shape index (κ1) is 22.4. The van der Waals surface area contributed by atoms with Crippen LogP contribution < -0.4 is 9.47 Å². The molecule has 1 fully saturated rings. The van der Waals surface area contributed by atoms with E-state index in [0.717, 1.165) is 26.1 Å². The van der Waals surface area contributed by atoms with Gasteiger partial charge in [-0.1, -0.05) is 54.1 Å². The van der Waals surface area contributed by atoms with E-state index in [9.17, 15) is 14.4 Å². The molecular weight excluding hydrogens is 444 g/mol. The molecule has 4 rings (SSSR count). The zero-order valence-electron chi connectivity index (χ0n) is 18.3. The SMILES string of the molecule is COc1cc(C=C2C(=O)N(C)C(=O)N(C)C2=O)cc(Cl)c1OCc1cccc2ccccc12. The summed E-state index contributed by atoms with van der Waals surface area (Å²) in [6.07, 6.45) is 1.38. The van der Waals surface area contributed by atoms with Gasteiger partial charge in [-0.25, -0.2) is 4.79 Å². The van der Waals surface area contributed by atoms with Crippen LogP contribution in [-0.2, 0) is 16.2 Å². The predicted octanol–water partition coefficient (Wildman–Crippen LogP) is 4.51. The Hall–Kier alpha value is -3.84. The molecule has 0 aliphatic carbocycles. The first-order chi connectivity index (χ1) is 15.8. The van der Waals surface area contributed by atoms with E-state index in [1.165, 1.54) is 27.3 Å². The van der Waals surface area contributed by atoms with E-state index in [1.807, 2.05) is 42.5 Å². The van der Waals surface area contributed by atoms with Gasteiger partial charge in [-0.2, -0.15) is 0 Å². The molecule has 1 saturated heterocycles. The number of carbonyl (C=O) groups excluding carboxylic acids is 3. The molecule has 0 N–H and O–H groups in total. The summed E-state index contributed by atoms with van der Waals surface area (Å²) in [6, 6.07) is 16.5. The van der Waals surface area contributed by atoms with Crippen molar-refractivity contribution in [2.75, 3.05) is 21.2 Å². The number of imide groups is 2. The summed E-state index contributed by atoms with van der Waals surface area (Å²) < 4.78 is 11.5. The molecule has 0 atom stereocenters. The van der Waals surface area contributed by atoms with Crippen LogP contribution in [0.2, 0.25) is 5.02 Å². The van der Waals surface area contributed by atoms with Gasteiger partial charge in [-0.05, 0) is 40.1 Å². The summed E-state index contributed by atoms with van der Waals surface area (Å²) in [5.74, 6) is -0.674. The number of nitrogens with zero attached hydrogens (tertiary/aromatic N) is 2. The molecule has 0 spiro atoms. The number of halogens is 1. The van der Waals surface area contributed by atoms with Gasteiger partial charge in [-0.3, -0.25) is 19.4 Å². The van der Waals surface area contributed by atoms with Gasteiger partial charge in [0.1, 0.15) is 12.2 Å². The van der Waals surface area contributed by atoms with Crippen molar-refractivity contribution in [2.24, 2.45) is 0 Å². The second-order valence-corrected chi connectivity index (χ2v) is 7.94. The van der Waals surface area contributed by atoms with Crippen LogP contribution in [0.1, 0.15) is 11.1 Å². The minimum atomic E-state index is -0.686. The number of carbonyl (C=O) groups is 3. The van der Waals surface area contributed by atoms with Crippen LogP contribution in [0.4, 0.5) is 4.79 Å². The maximum absolute atomic E-state index is 12.5. The molecule has 0 aromatic heterocycles. The number of hydrogen-bond donors (Lipinski definition) is 0. The van der Waals surface area contributed by atoms with Crippen LogP contribution in [0.15, 0.2) is 60.2 Å². The minimum absolute atomic E-state index is 0.151. The Morgan fingerprint density at radius 1 is 0.939 bits per heavy atom. The van der Waals surface area contributed by atoms with Crippen molar-refractivity contribution in [1.29, 1.82) is 0 Å². The smallest absolute Gasteiger partial charge is 0.333 e. The second kappa shape index (κ2) is 8.96. The van der Waals surface area contributed by atoms with E-state index in [1.54, 1.807) is 12.1 Å². The number of rotatable bonds is 5. The second-order valence-electron chi connectivity index (χ2n) is 7.53. The molecule has 3 aromatic carbocycles. The van der Waals surface area contributed by atoms with Crippen molar-refractivity contribution >= 4 is 46.3 Å². The van der Waals surface area contributed by atoms with Crippen molar-refractivity contribution in [1.82, 2.24) is 9.80 Å². The van der Waals surface area contributed by atoms with Crippen molar-refractivity contribution in [3.8, 4) is 11.5 Å². The standard InChI is InChI=1S/C25H21ClN2O5/c1-27-23(29)19(24(30)28(2)25(27)31)11-15-12-20(26)22(21(13-15)32-3)33-14-17-9-6-8-16-7-4-5-10-18(16)17/h4-13H,14H2,1-3H3. The summed E-state index contributed by atoms with van der Waals surface area (Å²) >= 11 is 6.49. The molecule has 33 heavy (non-hydrogen) atoms. The van der Waals surface area contributed by atoms with E-state index in [2.05, 4.69) is 0 Å². The fraction of sp³-hybridized carbons (Fsp3) is 0.160. The Balaban J connectivity index is 1.65. The predicted molar refractivity (Wildman–Crippen MR) is 125 cm³/mol. The Labute approximate surface area is 195 Å². The third-order valence-corrected chi connectivity index (χ3v) is 5.74. The van der Waals surface area contributed by atoms with E-state index in [-0.39, 0.29) is 17.2 Å². The monoisotopic (exact) mass is 464 g/mol. The summed E-state index contributed by atoms with van der Waals surface area (Å²) in [5, 5.41) is 2.44. The summed E-state index contributed by atoms with van der Waals surface area (Å²) in [7, 11) is 4.11. The first-order valence-corrected chi connectivity index (χ1v) is 10.5. The highest BCUT2D eigenvalue weighted by Crippen LogP contribution is 2.38. The Kier molecular flexibility index (Phi) is 6.07. The summed E-state index contributed by atoms with van der Waals surface area (Å²) in [6.45, 7) is 0.270. The number of benzene rings is 3. The van der Waals surface area contributed by atoms with E-state index >= 15 is 0 Å². The van der Waals surface area contributed by atoms with E-state index in [4.69, 9.17) is 21.1 Å². The minimum Gasteiger partial charge on any atom is -0.493 e. The average Bonchev–Trinajstić information content (AvgIpc) is 2.83. The van der Waals surface area contributed by atoms with E-state index < -0.39 is 17.8 Å². The number of fused-ring (bicyclic) bond motifs is 1. The number of urea groups is 1. The maximum atomic E-state index is 12.5. The van der Waals surface area contributed by atoms with Crippen LogP contribution in [0.5, 0.6) is 11.5 Å². The van der Waals surface area contributed by atoms with Gasteiger partial charge in [0.05, 0.1) is 12.1 Å². The van der Waals surface area contributed by atoms with Gasteiger partial charge >= 0.3 is 6.03 Å². The number of hydrogen-bond acceptors (Lipinski definition) is 5. The fourth-order valence-corrected chi connectivity index (χ4v) is 3.95. The van der Waals surface area contributed by atoms with Crippen LogP contribution in [0.25, 0.3) is 16.8 Å². The highest BCUT2D eigenvalue weighted by molar-refractivity contribution is 6.33. The number of amides is 4. The highest BCUT2D eigenvalue weighted by Gasteiger charge is 2.37. The lowest BCUT2D eigenvalue weighted by atomic mass is 10.1. The molecule has 1 heterocycles. The van der Waals surface area contributed by atoms with Gasteiger partial charge < -0.3 is 9.47 Å². The maximum Gasteiger partial charge on any atom is 0.333 e. The molecule has 1 aliphatic rings. The molecule has 0 bridgehead atoms. The van der Waals surface area contributed by atoms with Gasteiger partial charge in [0.25, 0.3) is 11.8 Å². The van der Waals surface area contributed by atoms with Crippen molar-refractivity contribution < 1.29 is 23.9 Å². The van der Waals surface area contributed by atoms with Crippen LogP contribution in [0.3, 0.4) is 0 Å². The lowest BCUT2D eigenvalue weighted by Crippen LogP contribution is -2.52. The molecule has 8 heteroatoms. The average molecular weight is 465 g/mol. The van der Waals surface area contributed by atoms with Crippen LogP contribution in [-0.4, -0.2) is 48.9 Å². The molecule has 4 amide bonds. The normalized spacial score (nSPS) is 14.2. The first-order valence-electron chi connectivity index (χ1n) is 10.1. The third-order valence-electron chi connectivity index (χ3n) is 5.46. The van der Waals surface area contributed by atoms with Gasteiger partial charge in [-0.15, -0.1) is 0 Å². The van der Waals surface area contributed by atoms with Gasteiger partial charge in [0, 0.05) is 14.1 Å². The number of methoxy groups -OCH3 is 1. The lowest BCUT2D eigenvalue weighted by Gasteiger charge is -2.28. The van der Waals surface area contributed by atoms with Crippen LogP contribution in [0, 0.1) is 0 Å². The molecule has 1 aliphatic heterocycles. The van der Waals surface area contributed by atoms with Gasteiger partial charge in [0.2, 0.25) is 0 Å². The van der Waals surface area contributed by atoms with Crippen molar-refractivity contribution in [3.05, 3.63) is 76.3 Å². The van der Waals surface area contributed by atoms with Gasteiger partial charge in [0.15, 0.2) is 11.5 Å². The lowest BCUT2D eigenvalue weighted by molar-refractivity contribution is -0.134. The zero-order valence-corrected chi connectivity index (χ0v) is 19.1.